The van der Waals surface area contributed by atoms with Gasteiger partial charge in [0.25, 0.3) is 10.7 Å². The smallest absolute Gasteiger partial charge is 0.288 e. The normalized spacial score (nSPS) is 15.1. The first-order chi connectivity index (χ1) is 13.5. The van der Waals surface area contributed by atoms with E-state index in [1.165, 1.54) is 22.5 Å². The summed E-state index contributed by atoms with van der Waals surface area (Å²) >= 11 is 6.85. The monoisotopic (exact) mass is 414 g/mol. The zero-order valence-electron chi connectivity index (χ0n) is 15.9. The van der Waals surface area contributed by atoms with Gasteiger partial charge in [-0.1, -0.05) is 12.1 Å². The van der Waals surface area contributed by atoms with Crippen LogP contribution in [-0.4, -0.2) is 51.7 Å². The van der Waals surface area contributed by atoms with Gasteiger partial charge in [0.05, 0.1) is 11.5 Å². The summed E-state index contributed by atoms with van der Waals surface area (Å²) in [5.41, 5.74) is 3.36. The maximum absolute atomic E-state index is 12.5. The summed E-state index contributed by atoms with van der Waals surface area (Å²) in [5, 5.41) is 6.50. The molecule has 6 nitrogen and oxygen atoms in total. The molecule has 0 unspecified atom stereocenters. The van der Waals surface area contributed by atoms with E-state index in [-0.39, 0.29) is 5.91 Å². The molecule has 1 aliphatic heterocycles. The molecule has 1 aliphatic rings. The number of thiophene rings is 1. The van der Waals surface area contributed by atoms with Crippen LogP contribution in [-0.2, 0) is 6.67 Å². The van der Waals surface area contributed by atoms with E-state index in [1.54, 1.807) is 4.68 Å². The predicted molar refractivity (Wildman–Crippen MR) is 112 cm³/mol. The molecule has 3 aromatic rings. The Morgan fingerprint density at radius 3 is 2.64 bits per heavy atom. The molecule has 1 amide bonds. The number of hydrogen-bond acceptors (Lipinski definition) is 6. The third-order valence-corrected chi connectivity index (χ3v) is 6.24. The fourth-order valence-corrected chi connectivity index (χ4v) is 4.09. The van der Waals surface area contributed by atoms with Crippen molar-refractivity contribution in [2.45, 2.75) is 20.5 Å². The van der Waals surface area contributed by atoms with Crippen LogP contribution in [0, 0.1) is 18.7 Å². The lowest BCUT2D eigenvalue weighted by Crippen LogP contribution is -2.48. The Bertz CT molecular complexity index is 1030. The van der Waals surface area contributed by atoms with Gasteiger partial charge in [0, 0.05) is 31.7 Å². The second-order valence-corrected chi connectivity index (χ2v) is 8.30. The maximum Gasteiger partial charge on any atom is 0.288 e. The van der Waals surface area contributed by atoms with E-state index in [1.807, 2.05) is 28.5 Å². The van der Waals surface area contributed by atoms with Crippen molar-refractivity contribution in [3.63, 3.8) is 0 Å². The molecular formula is C20H22N4O2S2. The van der Waals surface area contributed by atoms with Crippen LogP contribution in [0.1, 0.15) is 20.8 Å². The van der Waals surface area contributed by atoms with E-state index in [9.17, 15) is 4.79 Å². The number of aryl methyl sites for hydroxylation is 2. The molecule has 0 spiro atoms. The van der Waals surface area contributed by atoms with Crippen LogP contribution in [0.5, 0.6) is 0 Å². The van der Waals surface area contributed by atoms with E-state index in [0.717, 1.165) is 23.5 Å². The maximum atomic E-state index is 12.5. The number of piperazine rings is 1. The summed E-state index contributed by atoms with van der Waals surface area (Å²) in [4.78, 5) is 17.8. The second kappa shape index (κ2) is 7.98. The minimum absolute atomic E-state index is 0.115. The summed E-state index contributed by atoms with van der Waals surface area (Å²) in [6, 6.07) is 9.92. The molecule has 0 radical (unpaired) electrons. The number of benzene rings is 1. The van der Waals surface area contributed by atoms with Gasteiger partial charge in [-0.15, -0.1) is 16.4 Å². The quantitative estimate of drug-likeness (QED) is 0.605. The van der Waals surface area contributed by atoms with Crippen LogP contribution in [0.2, 0.25) is 0 Å². The minimum Gasteiger partial charge on any atom is -0.409 e. The van der Waals surface area contributed by atoms with Crippen molar-refractivity contribution in [1.82, 2.24) is 19.6 Å². The van der Waals surface area contributed by atoms with Crippen LogP contribution in [0.25, 0.3) is 11.5 Å². The van der Waals surface area contributed by atoms with Gasteiger partial charge in [0.15, 0.2) is 0 Å². The lowest BCUT2D eigenvalue weighted by Gasteiger charge is -2.34. The highest BCUT2D eigenvalue weighted by Gasteiger charge is 2.23. The van der Waals surface area contributed by atoms with Crippen molar-refractivity contribution in [2.75, 3.05) is 26.2 Å². The average Bonchev–Trinajstić information content (AvgIpc) is 3.35. The second-order valence-electron chi connectivity index (χ2n) is 7.00. The van der Waals surface area contributed by atoms with E-state index in [0.29, 0.717) is 30.5 Å². The van der Waals surface area contributed by atoms with E-state index >= 15 is 0 Å². The molecule has 0 aliphatic carbocycles. The average molecular weight is 415 g/mol. The summed E-state index contributed by atoms with van der Waals surface area (Å²) in [7, 11) is 0. The Balaban J connectivity index is 1.40. The first-order valence-corrected chi connectivity index (χ1v) is 10.5. The zero-order valence-corrected chi connectivity index (χ0v) is 17.6. The van der Waals surface area contributed by atoms with Gasteiger partial charge < -0.3 is 9.32 Å². The number of carbonyl (C=O) groups excluding carboxylic acids is 1. The van der Waals surface area contributed by atoms with Crippen LogP contribution in [0.3, 0.4) is 0 Å². The highest BCUT2D eigenvalue weighted by molar-refractivity contribution is 7.71. The first kappa shape index (κ1) is 19.0. The molecule has 0 atom stereocenters. The summed E-state index contributed by atoms with van der Waals surface area (Å²) < 4.78 is 7.44. The van der Waals surface area contributed by atoms with Gasteiger partial charge in [0.1, 0.15) is 0 Å². The van der Waals surface area contributed by atoms with Crippen molar-refractivity contribution in [2.24, 2.45) is 0 Å². The van der Waals surface area contributed by atoms with Crippen molar-refractivity contribution in [3.05, 3.63) is 56.6 Å². The Labute approximate surface area is 173 Å². The largest absolute Gasteiger partial charge is 0.409 e. The van der Waals surface area contributed by atoms with E-state index in [2.05, 4.69) is 36.0 Å². The van der Waals surface area contributed by atoms with E-state index < -0.39 is 0 Å². The molecule has 8 heteroatoms. The number of nitrogens with zero attached hydrogens (tertiary/aromatic N) is 4. The number of carbonyl (C=O) groups is 1. The van der Waals surface area contributed by atoms with Crippen LogP contribution < -0.4 is 0 Å². The minimum atomic E-state index is 0.115. The standard InChI is InChI=1S/C20H22N4O2S2/c1-14-5-6-16(12-15(14)2)18-21-24(20(27)26-18)13-22-7-9-23(10-8-22)19(25)17-4-3-11-28-17/h3-6,11-12H,7-10,13H2,1-2H3. The SMILES string of the molecule is Cc1ccc(-c2nn(CN3CCN(C(=O)c4cccs4)CC3)c(=S)o2)cc1C. The molecule has 146 valence electrons. The van der Waals surface area contributed by atoms with Crippen LogP contribution in [0.4, 0.5) is 0 Å². The summed E-state index contributed by atoms with van der Waals surface area (Å²) in [6.07, 6.45) is 0. The molecular weight excluding hydrogens is 392 g/mol. The van der Waals surface area contributed by atoms with Gasteiger partial charge in [0.2, 0.25) is 5.89 Å². The molecule has 1 saturated heterocycles. The Kier molecular flexibility index (Phi) is 5.43. The topological polar surface area (TPSA) is 54.5 Å². The van der Waals surface area contributed by atoms with Gasteiger partial charge in [-0.2, -0.15) is 0 Å². The molecule has 28 heavy (non-hydrogen) atoms. The van der Waals surface area contributed by atoms with Gasteiger partial charge in [-0.25, -0.2) is 4.68 Å². The fraction of sp³-hybridized carbons (Fsp3) is 0.350. The highest BCUT2D eigenvalue weighted by Crippen LogP contribution is 2.21. The molecule has 3 heterocycles. The number of hydrogen-bond donors (Lipinski definition) is 0. The molecule has 1 aromatic carbocycles. The molecule has 0 saturated carbocycles. The Hall–Kier alpha value is -2.29. The van der Waals surface area contributed by atoms with Crippen molar-refractivity contribution in [3.8, 4) is 11.5 Å². The third-order valence-electron chi connectivity index (χ3n) is 5.09. The third kappa shape index (κ3) is 3.94. The Morgan fingerprint density at radius 1 is 1.18 bits per heavy atom. The molecule has 1 fully saturated rings. The van der Waals surface area contributed by atoms with E-state index in [4.69, 9.17) is 16.6 Å². The zero-order chi connectivity index (χ0) is 19.7. The van der Waals surface area contributed by atoms with Gasteiger partial charge >= 0.3 is 0 Å². The summed E-state index contributed by atoms with van der Waals surface area (Å²) in [6.45, 7) is 7.68. The lowest BCUT2D eigenvalue weighted by atomic mass is 10.1. The Morgan fingerprint density at radius 2 is 1.96 bits per heavy atom. The summed E-state index contributed by atoms with van der Waals surface area (Å²) in [5.74, 6) is 0.657. The van der Waals surface area contributed by atoms with Crippen molar-refractivity contribution in [1.29, 1.82) is 0 Å². The molecule has 2 aromatic heterocycles. The predicted octanol–water partition coefficient (Wildman–Crippen LogP) is 3.97. The number of aromatic nitrogens is 2. The highest BCUT2D eigenvalue weighted by atomic mass is 32.1. The van der Waals surface area contributed by atoms with Gasteiger partial charge in [-0.3, -0.25) is 9.69 Å². The van der Waals surface area contributed by atoms with Crippen LogP contribution >= 0.6 is 23.6 Å². The molecule has 0 N–H and O–H groups in total. The van der Waals surface area contributed by atoms with Crippen molar-refractivity contribution >= 4 is 29.5 Å². The lowest BCUT2D eigenvalue weighted by molar-refractivity contribution is 0.0588. The molecule has 4 rings (SSSR count). The first-order valence-electron chi connectivity index (χ1n) is 9.22. The number of amides is 1. The van der Waals surface area contributed by atoms with Crippen molar-refractivity contribution < 1.29 is 9.21 Å². The molecule has 0 bridgehead atoms. The van der Waals surface area contributed by atoms with Crippen LogP contribution in [0.15, 0.2) is 40.1 Å². The van der Waals surface area contributed by atoms with Gasteiger partial charge in [-0.05, 0) is 60.8 Å². The fourth-order valence-electron chi connectivity index (χ4n) is 3.22. The number of rotatable bonds is 4.